The highest BCUT2D eigenvalue weighted by Crippen LogP contribution is 2.16. The largest absolute Gasteiger partial charge is 0.364 e. The lowest BCUT2D eigenvalue weighted by atomic mass is 10.1. The van der Waals surface area contributed by atoms with Crippen molar-refractivity contribution in [1.82, 2.24) is 15.2 Å². The van der Waals surface area contributed by atoms with Gasteiger partial charge in [-0.25, -0.2) is 0 Å². The van der Waals surface area contributed by atoms with Gasteiger partial charge >= 0.3 is 0 Å². The van der Waals surface area contributed by atoms with Crippen molar-refractivity contribution in [2.75, 3.05) is 7.05 Å². The zero-order valence-electron chi connectivity index (χ0n) is 10.6. The van der Waals surface area contributed by atoms with Crippen LogP contribution in [0.3, 0.4) is 0 Å². The van der Waals surface area contributed by atoms with Crippen molar-refractivity contribution < 1.29 is 13.8 Å². The van der Waals surface area contributed by atoms with Gasteiger partial charge in [0.05, 0.1) is 6.54 Å². The predicted octanol–water partition coefficient (Wildman–Crippen LogP) is 2.06. The van der Waals surface area contributed by atoms with Gasteiger partial charge in [0.25, 0.3) is 5.91 Å². The van der Waals surface area contributed by atoms with E-state index in [4.69, 9.17) is 9.05 Å². The van der Waals surface area contributed by atoms with Crippen LogP contribution >= 0.6 is 0 Å². The Labute approximate surface area is 105 Å². The third-order valence-electron chi connectivity index (χ3n) is 2.55. The van der Waals surface area contributed by atoms with Crippen LogP contribution in [0.4, 0.5) is 0 Å². The van der Waals surface area contributed by atoms with Crippen LogP contribution in [0.2, 0.25) is 0 Å². The summed E-state index contributed by atoms with van der Waals surface area (Å²) in [5.41, 5.74) is 1.00. The summed E-state index contributed by atoms with van der Waals surface area (Å²) < 4.78 is 9.82. The Bertz CT molecular complexity index is 516. The van der Waals surface area contributed by atoms with Crippen molar-refractivity contribution in [3.63, 3.8) is 0 Å². The molecule has 0 N–H and O–H groups in total. The third kappa shape index (κ3) is 2.58. The van der Waals surface area contributed by atoms with E-state index in [2.05, 4.69) is 10.3 Å². The molecule has 0 radical (unpaired) electrons. The number of carbonyl (C=O) groups excluding carboxylic acids is 1. The van der Waals surface area contributed by atoms with Gasteiger partial charge in [-0.2, -0.15) is 0 Å². The lowest BCUT2D eigenvalue weighted by Crippen LogP contribution is -2.26. The van der Waals surface area contributed by atoms with Crippen molar-refractivity contribution in [2.45, 2.75) is 26.3 Å². The molecule has 0 aromatic carbocycles. The molecule has 0 fully saturated rings. The topological polar surface area (TPSA) is 72.4 Å². The molecule has 0 unspecified atom stereocenters. The van der Waals surface area contributed by atoms with Gasteiger partial charge in [-0.1, -0.05) is 24.2 Å². The van der Waals surface area contributed by atoms with E-state index in [0.717, 1.165) is 0 Å². The Morgan fingerprint density at radius 2 is 2.22 bits per heavy atom. The zero-order chi connectivity index (χ0) is 13.1. The molecule has 2 rings (SSSR count). The fourth-order valence-electron chi connectivity index (χ4n) is 1.49. The van der Waals surface area contributed by atoms with Crippen molar-refractivity contribution in [2.24, 2.45) is 0 Å². The molecule has 0 bridgehead atoms. The van der Waals surface area contributed by atoms with E-state index in [-0.39, 0.29) is 11.8 Å². The molecule has 2 aromatic rings. The fraction of sp³-hybridized carbons (Fsp3) is 0.417. The van der Waals surface area contributed by atoms with E-state index in [1.165, 1.54) is 11.2 Å². The summed E-state index contributed by atoms with van der Waals surface area (Å²) in [5.74, 6) is 0.710. The first-order chi connectivity index (χ1) is 8.58. The molecule has 0 spiro atoms. The molecule has 6 nitrogen and oxygen atoms in total. The van der Waals surface area contributed by atoms with Gasteiger partial charge in [0, 0.05) is 25.1 Å². The standard InChI is InChI=1S/C12H15N3O3/c1-8(2)11-6-10(14-18-11)12(16)15(3)7-9-4-5-17-13-9/h4-6,8H,7H2,1-3H3. The number of hydrogen-bond donors (Lipinski definition) is 0. The lowest BCUT2D eigenvalue weighted by molar-refractivity contribution is 0.0771. The Balaban J connectivity index is 2.05. The first kappa shape index (κ1) is 12.3. The van der Waals surface area contributed by atoms with Crippen LogP contribution in [-0.4, -0.2) is 28.2 Å². The minimum atomic E-state index is -0.200. The molecule has 6 heteroatoms. The number of carbonyl (C=O) groups is 1. The first-order valence-corrected chi connectivity index (χ1v) is 5.69. The molecule has 18 heavy (non-hydrogen) atoms. The summed E-state index contributed by atoms with van der Waals surface area (Å²) in [6.07, 6.45) is 1.47. The fourth-order valence-corrected chi connectivity index (χ4v) is 1.49. The average Bonchev–Trinajstić information content (AvgIpc) is 2.98. The highest BCUT2D eigenvalue weighted by molar-refractivity contribution is 5.92. The van der Waals surface area contributed by atoms with Crippen molar-refractivity contribution >= 4 is 5.91 Å². The number of hydrogen-bond acceptors (Lipinski definition) is 5. The van der Waals surface area contributed by atoms with Crippen LogP contribution in [0, 0.1) is 0 Å². The zero-order valence-corrected chi connectivity index (χ0v) is 10.6. The summed E-state index contributed by atoms with van der Waals surface area (Å²) >= 11 is 0. The highest BCUT2D eigenvalue weighted by atomic mass is 16.5. The molecule has 96 valence electrons. The smallest absolute Gasteiger partial charge is 0.276 e. The first-order valence-electron chi connectivity index (χ1n) is 5.69. The minimum absolute atomic E-state index is 0.200. The summed E-state index contributed by atoms with van der Waals surface area (Å²) in [6, 6.07) is 3.39. The lowest BCUT2D eigenvalue weighted by Gasteiger charge is -2.13. The predicted molar refractivity (Wildman–Crippen MR) is 62.9 cm³/mol. The molecule has 1 amide bonds. The summed E-state index contributed by atoms with van der Waals surface area (Å²) in [4.78, 5) is 13.6. The van der Waals surface area contributed by atoms with E-state index in [1.807, 2.05) is 13.8 Å². The molecule has 0 aliphatic rings. The van der Waals surface area contributed by atoms with E-state index in [1.54, 1.807) is 19.2 Å². The van der Waals surface area contributed by atoms with Gasteiger partial charge in [-0.15, -0.1) is 0 Å². The Morgan fingerprint density at radius 1 is 1.44 bits per heavy atom. The summed E-state index contributed by atoms with van der Waals surface area (Å²) in [7, 11) is 1.68. The minimum Gasteiger partial charge on any atom is -0.364 e. The molecular weight excluding hydrogens is 234 g/mol. The molecule has 2 heterocycles. The van der Waals surface area contributed by atoms with Crippen LogP contribution in [-0.2, 0) is 6.54 Å². The van der Waals surface area contributed by atoms with Gasteiger partial charge in [0.15, 0.2) is 5.69 Å². The van der Waals surface area contributed by atoms with Crippen molar-refractivity contribution in [3.05, 3.63) is 35.5 Å². The normalized spacial score (nSPS) is 10.9. The molecule has 0 aliphatic carbocycles. The van der Waals surface area contributed by atoms with Gasteiger partial charge in [-0.3, -0.25) is 4.79 Å². The van der Waals surface area contributed by atoms with Crippen LogP contribution < -0.4 is 0 Å². The molecule has 2 aromatic heterocycles. The average molecular weight is 249 g/mol. The SMILES string of the molecule is CC(C)c1cc(C(=O)N(C)Cc2ccon2)no1. The third-order valence-corrected chi connectivity index (χ3v) is 2.55. The van der Waals surface area contributed by atoms with Crippen molar-refractivity contribution in [3.8, 4) is 0 Å². The van der Waals surface area contributed by atoms with Gasteiger partial charge in [0.1, 0.15) is 17.7 Å². The van der Waals surface area contributed by atoms with Gasteiger partial charge in [0.2, 0.25) is 0 Å². The maximum Gasteiger partial charge on any atom is 0.276 e. The van der Waals surface area contributed by atoms with Crippen LogP contribution in [0.25, 0.3) is 0 Å². The van der Waals surface area contributed by atoms with Crippen LogP contribution in [0.1, 0.15) is 41.7 Å². The number of amides is 1. The summed E-state index contributed by atoms with van der Waals surface area (Å²) in [5, 5.41) is 7.53. The second-order valence-electron chi connectivity index (χ2n) is 4.42. The van der Waals surface area contributed by atoms with E-state index >= 15 is 0 Å². The molecule has 0 saturated heterocycles. The molecule has 0 atom stereocenters. The number of rotatable bonds is 4. The van der Waals surface area contributed by atoms with E-state index in [9.17, 15) is 4.79 Å². The van der Waals surface area contributed by atoms with E-state index < -0.39 is 0 Å². The monoisotopic (exact) mass is 249 g/mol. The Kier molecular flexibility index (Phi) is 3.45. The molecule has 0 aliphatic heterocycles. The number of nitrogens with zero attached hydrogens (tertiary/aromatic N) is 3. The van der Waals surface area contributed by atoms with Gasteiger partial charge < -0.3 is 13.9 Å². The van der Waals surface area contributed by atoms with Gasteiger partial charge in [-0.05, 0) is 0 Å². The second-order valence-corrected chi connectivity index (χ2v) is 4.42. The van der Waals surface area contributed by atoms with Crippen LogP contribution in [0.5, 0.6) is 0 Å². The van der Waals surface area contributed by atoms with Crippen molar-refractivity contribution in [1.29, 1.82) is 0 Å². The molecular formula is C12H15N3O3. The summed E-state index contributed by atoms with van der Waals surface area (Å²) in [6.45, 7) is 4.33. The Morgan fingerprint density at radius 3 is 2.78 bits per heavy atom. The quantitative estimate of drug-likeness (QED) is 0.829. The Hall–Kier alpha value is -2.11. The maximum atomic E-state index is 12.1. The molecule has 0 saturated carbocycles. The maximum absolute atomic E-state index is 12.1. The highest BCUT2D eigenvalue weighted by Gasteiger charge is 2.18. The second kappa shape index (κ2) is 5.03. The van der Waals surface area contributed by atoms with Crippen LogP contribution in [0.15, 0.2) is 27.4 Å². The van der Waals surface area contributed by atoms with E-state index in [0.29, 0.717) is 23.7 Å². The number of aromatic nitrogens is 2.